The number of nitrogens with zero attached hydrogens (tertiary/aromatic N) is 4. The van der Waals surface area contributed by atoms with Crippen molar-refractivity contribution < 1.29 is 23.9 Å². The number of aromatic amines is 1. The van der Waals surface area contributed by atoms with Crippen LogP contribution in [0.2, 0.25) is 0 Å². The van der Waals surface area contributed by atoms with E-state index in [2.05, 4.69) is 62.0 Å². The summed E-state index contributed by atoms with van der Waals surface area (Å²) in [5, 5.41) is 14.5. The van der Waals surface area contributed by atoms with Crippen LogP contribution < -0.4 is 10.6 Å². The molecule has 330 valence electrons. The number of H-pyrrole nitrogens is 1. The first kappa shape index (κ1) is 43.5. The highest BCUT2D eigenvalue weighted by Crippen LogP contribution is 2.43. The van der Waals surface area contributed by atoms with Crippen LogP contribution in [0.1, 0.15) is 150 Å². The Balaban J connectivity index is 0.955. The molecule has 1 aromatic carbocycles. The van der Waals surface area contributed by atoms with E-state index < -0.39 is 23.7 Å². The van der Waals surface area contributed by atoms with Crippen LogP contribution in [0.15, 0.2) is 61.2 Å². The molecule has 4 aromatic rings. The minimum absolute atomic E-state index is 0.0362. The Morgan fingerprint density at radius 3 is 2.47 bits per heavy atom. The molecule has 3 N–H and O–H groups in total. The summed E-state index contributed by atoms with van der Waals surface area (Å²) >= 11 is 0. The number of pyridine rings is 2. The minimum atomic E-state index is -0.803. The number of aryl methyl sites for hydroxylation is 1. The molecule has 0 bridgehead atoms. The molecular formula is C50H65N7O5. The van der Waals surface area contributed by atoms with E-state index in [1.807, 2.05) is 35.6 Å². The third-order valence-corrected chi connectivity index (χ3v) is 14.6. The van der Waals surface area contributed by atoms with Crippen molar-refractivity contribution in [2.24, 2.45) is 17.8 Å². The number of ether oxygens (including phenoxy) is 1. The number of amides is 3. The van der Waals surface area contributed by atoms with Crippen LogP contribution >= 0.6 is 0 Å². The smallest absolute Gasteiger partial charge is 0.413 e. The zero-order chi connectivity index (χ0) is 42.9. The van der Waals surface area contributed by atoms with Gasteiger partial charge in [-0.3, -0.25) is 29.8 Å². The molecule has 2 unspecified atom stereocenters. The fourth-order valence-corrected chi connectivity index (χ4v) is 11.1. The Morgan fingerprint density at radius 1 is 0.919 bits per heavy atom. The first-order valence-corrected chi connectivity index (χ1v) is 23.6. The van der Waals surface area contributed by atoms with Crippen LogP contribution in [0.4, 0.5) is 10.6 Å². The lowest BCUT2D eigenvalue weighted by molar-refractivity contribution is -0.136. The highest BCUT2D eigenvalue weighted by Gasteiger charge is 2.45. The number of piperidine rings is 1. The molecule has 1 saturated heterocycles. The molecule has 2 aliphatic carbocycles. The van der Waals surface area contributed by atoms with Gasteiger partial charge in [-0.05, 0) is 117 Å². The molecule has 12 heteroatoms. The molecule has 2 saturated carbocycles. The van der Waals surface area contributed by atoms with E-state index >= 15 is 0 Å². The Hall–Kier alpha value is -5.13. The second-order valence-corrected chi connectivity index (χ2v) is 18.8. The van der Waals surface area contributed by atoms with Crippen LogP contribution in [0, 0.1) is 24.7 Å². The number of likely N-dealkylation sites (tertiary alicyclic amines) is 1. The molecule has 2 aliphatic heterocycles. The molecule has 4 atom stereocenters. The summed E-state index contributed by atoms with van der Waals surface area (Å²) in [6, 6.07) is 11.8. The van der Waals surface area contributed by atoms with E-state index in [1.54, 1.807) is 6.20 Å². The lowest BCUT2D eigenvalue weighted by Crippen LogP contribution is -2.50. The number of hydrogen-bond donors (Lipinski definition) is 3. The van der Waals surface area contributed by atoms with Gasteiger partial charge in [0.2, 0.25) is 11.8 Å². The van der Waals surface area contributed by atoms with Crippen molar-refractivity contribution in [3.05, 3.63) is 83.4 Å². The summed E-state index contributed by atoms with van der Waals surface area (Å²) in [4.78, 5) is 66.2. The van der Waals surface area contributed by atoms with Gasteiger partial charge in [-0.25, -0.2) is 9.78 Å². The first-order valence-electron chi connectivity index (χ1n) is 23.6. The van der Waals surface area contributed by atoms with Gasteiger partial charge in [-0.2, -0.15) is 5.10 Å². The molecular weight excluding hydrogens is 779 g/mol. The predicted molar refractivity (Wildman–Crippen MR) is 239 cm³/mol. The summed E-state index contributed by atoms with van der Waals surface area (Å²) in [6.45, 7) is 2.98. The number of aromatic nitrogens is 4. The fraction of sp³-hybridized carbons (Fsp3) is 0.580. The van der Waals surface area contributed by atoms with E-state index in [0.717, 1.165) is 85.4 Å². The van der Waals surface area contributed by atoms with Gasteiger partial charge in [0.15, 0.2) is 5.78 Å². The number of carbonyl (C=O) groups excluding carboxylic acids is 4. The number of fused-ring (bicyclic) bond motifs is 3. The zero-order valence-electron chi connectivity index (χ0n) is 36.5. The van der Waals surface area contributed by atoms with Gasteiger partial charge in [-0.1, -0.05) is 63.9 Å². The molecule has 12 nitrogen and oxygen atoms in total. The highest BCUT2D eigenvalue weighted by molar-refractivity contribution is 5.91. The summed E-state index contributed by atoms with van der Waals surface area (Å²) in [5.41, 5.74) is 4.48. The molecule has 3 fully saturated rings. The van der Waals surface area contributed by atoms with Crippen molar-refractivity contribution in [3.8, 4) is 0 Å². The van der Waals surface area contributed by atoms with Crippen LogP contribution in [-0.4, -0.2) is 67.9 Å². The van der Waals surface area contributed by atoms with Crippen molar-refractivity contribution in [3.63, 3.8) is 0 Å². The standard InChI is InChI=1S/C50H65N7O5/c1-34-29-36(31-41-33-53-56-45(34)41)30-40(17-9-19-44(58)57-27-22-50(23-28-57)42-18-10-24-52-47(42)55-49(61)62-50)48(60)54-43(32-35-11-4-2-3-5-12-35)46(59)39-14-7-6-13-37(15-8-16-39)38-20-25-51-26-21-38/h10,18,20-21,24-26,29,31,33,35,37,39-40,43H,2-9,11-17,19,22-23,27-28,30,32H2,1H3,(H,53,56)(H,54,60)(H,52,55,61)/t37?,39?,40-,43+/m1/s1. The molecule has 3 amide bonds. The van der Waals surface area contributed by atoms with Crippen LogP contribution in [0.25, 0.3) is 10.9 Å². The lowest BCUT2D eigenvalue weighted by atomic mass is 9.83. The van der Waals surface area contributed by atoms with Gasteiger partial charge in [0, 0.05) is 73.7 Å². The second-order valence-electron chi connectivity index (χ2n) is 18.8. The maximum atomic E-state index is 14.8. The van der Waals surface area contributed by atoms with Crippen molar-refractivity contribution in [2.45, 2.75) is 153 Å². The zero-order valence-corrected chi connectivity index (χ0v) is 36.5. The maximum Gasteiger partial charge on any atom is 0.413 e. The normalized spacial score (nSPS) is 21.9. The van der Waals surface area contributed by atoms with Crippen molar-refractivity contribution in [1.82, 2.24) is 30.4 Å². The average Bonchev–Trinajstić information content (AvgIpc) is 3.67. The highest BCUT2D eigenvalue weighted by atomic mass is 16.6. The first-order chi connectivity index (χ1) is 30.2. The number of carbonyl (C=O) groups is 4. The second kappa shape index (κ2) is 20.4. The van der Waals surface area contributed by atoms with Crippen LogP contribution in [0.3, 0.4) is 0 Å². The van der Waals surface area contributed by atoms with Crippen LogP contribution in [0.5, 0.6) is 0 Å². The van der Waals surface area contributed by atoms with Gasteiger partial charge in [-0.15, -0.1) is 0 Å². The predicted octanol–water partition coefficient (Wildman–Crippen LogP) is 9.63. The van der Waals surface area contributed by atoms with Gasteiger partial charge in [0.1, 0.15) is 11.4 Å². The third-order valence-electron chi connectivity index (χ3n) is 14.6. The van der Waals surface area contributed by atoms with Crippen molar-refractivity contribution in [2.75, 3.05) is 18.4 Å². The van der Waals surface area contributed by atoms with Gasteiger partial charge < -0.3 is 15.0 Å². The van der Waals surface area contributed by atoms with E-state index in [9.17, 15) is 19.2 Å². The largest absolute Gasteiger partial charge is 0.437 e. The Kier molecular flexibility index (Phi) is 14.3. The van der Waals surface area contributed by atoms with E-state index in [-0.39, 0.29) is 23.5 Å². The fourth-order valence-electron chi connectivity index (χ4n) is 11.1. The molecule has 8 rings (SSSR count). The molecule has 5 heterocycles. The van der Waals surface area contributed by atoms with E-state index in [1.165, 1.54) is 31.2 Å². The molecule has 1 spiro atoms. The quantitative estimate of drug-likeness (QED) is 0.112. The average molecular weight is 844 g/mol. The summed E-state index contributed by atoms with van der Waals surface area (Å²) < 4.78 is 5.87. The lowest BCUT2D eigenvalue weighted by Gasteiger charge is -2.43. The number of ketones is 1. The molecule has 4 aliphatic rings. The van der Waals surface area contributed by atoms with E-state index in [4.69, 9.17) is 4.74 Å². The molecule has 0 radical (unpaired) electrons. The van der Waals surface area contributed by atoms with Crippen molar-refractivity contribution >= 4 is 40.4 Å². The summed E-state index contributed by atoms with van der Waals surface area (Å²) in [7, 11) is 0. The van der Waals surface area contributed by atoms with Crippen molar-refractivity contribution in [1.29, 1.82) is 0 Å². The maximum absolute atomic E-state index is 14.8. The number of anilines is 1. The number of Topliss-reactive ketones (excluding diaryl/α,β-unsaturated/α-hetero) is 1. The minimum Gasteiger partial charge on any atom is -0.437 e. The summed E-state index contributed by atoms with van der Waals surface area (Å²) in [6.07, 6.45) is 24.3. The Bertz CT molecular complexity index is 2160. The number of hydrogen-bond acceptors (Lipinski definition) is 8. The van der Waals surface area contributed by atoms with Gasteiger partial charge >= 0.3 is 6.09 Å². The van der Waals surface area contributed by atoms with Crippen LogP contribution in [-0.2, 0) is 31.1 Å². The summed E-state index contributed by atoms with van der Waals surface area (Å²) in [5.74, 6) is 1.11. The Morgan fingerprint density at radius 2 is 1.66 bits per heavy atom. The topological polar surface area (TPSA) is 159 Å². The third kappa shape index (κ3) is 10.5. The van der Waals surface area contributed by atoms with Gasteiger partial charge in [0.05, 0.1) is 17.8 Å². The van der Waals surface area contributed by atoms with Gasteiger partial charge in [0.25, 0.3) is 0 Å². The monoisotopic (exact) mass is 844 g/mol. The Labute approximate surface area is 366 Å². The molecule has 62 heavy (non-hydrogen) atoms. The number of benzene rings is 1. The SMILES string of the molecule is Cc1cc(C[C@@H](CCCC(=O)N2CCC3(CC2)OC(=O)Nc2ncccc23)C(=O)N[C@@H](CC2CCCCCC2)C(=O)C2CCCCC(c3ccncc3)CCC2)cc2cn[nH]c12. The number of nitrogens with one attached hydrogen (secondary N) is 3. The van der Waals surface area contributed by atoms with E-state index in [0.29, 0.717) is 75.7 Å². The number of rotatable bonds is 13. The molecule has 3 aromatic heterocycles.